The molecule has 4 heteroatoms. The molecule has 0 aliphatic heterocycles. The standard InChI is InChI=1S/C24H32O4.2C2H6/c1-17-22(25)14-15-23(24(17)27-3)28-16-4-5-18-6-8-19(9-7-18)20-10-12-21(26-2)13-11-20;2*1-2/h6-9,14-15,20-21,25H,4-5,10-13,16H2,1-3H3;2*1-2H3. The van der Waals surface area contributed by atoms with Crippen LogP contribution in [0, 0.1) is 6.92 Å². The molecule has 180 valence electrons. The van der Waals surface area contributed by atoms with Crippen molar-refractivity contribution in [3.63, 3.8) is 0 Å². The van der Waals surface area contributed by atoms with Gasteiger partial charge in [-0.3, -0.25) is 0 Å². The summed E-state index contributed by atoms with van der Waals surface area (Å²) in [6.45, 7) is 10.4. The van der Waals surface area contributed by atoms with Gasteiger partial charge in [-0.1, -0.05) is 52.0 Å². The zero-order valence-electron chi connectivity index (χ0n) is 21.2. The van der Waals surface area contributed by atoms with Crippen LogP contribution in [0.3, 0.4) is 0 Å². The Balaban J connectivity index is 0.00000121. The second kappa shape index (κ2) is 15.6. The summed E-state index contributed by atoms with van der Waals surface area (Å²) in [6, 6.07) is 12.5. The second-order valence-corrected chi connectivity index (χ2v) is 7.64. The Kier molecular flexibility index (Phi) is 13.5. The Hall–Kier alpha value is -2.20. The number of aryl methyl sites for hydroxylation is 1. The first-order valence-electron chi connectivity index (χ1n) is 12.2. The maximum atomic E-state index is 9.78. The van der Waals surface area contributed by atoms with Gasteiger partial charge in [0.2, 0.25) is 0 Å². The van der Waals surface area contributed by atoms with Gasteiger partial charge in [-0.15, -0.1) is 0 Å². The summed E-state index contributed by atoms with van der Waals surface area (Å²) in [5.41, 5.74) is 3.50. The van der Waals surface area contributed by atoms with Gasteiger partial charge in [-0.25, -0.2) is 0 Å². The van der Waals surface area contributed by atoms with Crippen LogP contribution in [0.2, 0.25) is 0 Å². The maximum absolute atomic E-state index is 9.78. The Labute approximate surface area is 195 Å². The highest BCUT2D eigenvalue weighted by Gasteiger charge is 2.21. The van der Waals surface area contributed by atoms with Gasteiger partial charge >= 0.3 is 0 Å². The van der Waals surface area contributed by atoms with Crippen LogP contribution in [0.1, 0.15) is 82.4 Å². The molecular formula is C28H44O4. The minimum atomic E-state index is 0.222. The second-order valence-electron chi connectivity index (χ2n) is 7.64. The van der Waals surface area contributed by atoms with Gasteiger partial charge in [0.1, 0.15) is 5.75 Å². The number of benzene rings is 2. The van der Waals surface area contributed by atoms with Crippen molar-refractivity contribution in [1.82, 2.24) is 0 Å². The van der Waals surface area contributed by atoms with E-state index in [1.54, 1.807) is 19.2 Å². The van der Waals surface area contributed by atoms with Crippen molar-refractivity contribution >= 4 is 0 Å². The third-order valence-electron chi connectivity index (χ3n) is 5.87. The summed E-state index contributed by atoms with van der Waals surface area (Å²) in [7, 11) is 3.42. The van der Waals surface area contributed by atoms with E-state index in [4.69, 9.17) is 14.2 Å². The van der Waals surface area contributed by atoms with Crippen LogP contribution in [-0.4, -0.2) is 32.0 Å². The Morgan fingerprint density at radius 1 is 0.875 bits per heavy atom. The molecule has 1 N–H and O–H groups in total. The lowest BCUT2D eigenvalue weighted by atomic mass is 9.82. The Bertz CT molecular complexity index is 747. The predicted octanol–water partition coefficient (Wildman–Crippen LogP) is 7.45. The highest BCUT2D eigenvalue weighted by atomic mass is 16.5. The normalized spacial score (nSPS) is 17.3. The fraction of sp³-hybridized carbons (Fsp3) is 0.571. The number of aromatic hydroxyl groups is 1. The minimum absolute atomic E-state index is 0.222. The van der Waals surface area contributed by atoms with Crippen LogP contribution >= 0.6 is 0 Å². The number of phenolic OH excluding ortho intramolecular Hbond substituents is 1. The van der Waals surface area contributed by atoms with Gasteiger partial charge < -0.3 is 19.3 Å². The van der Waals surface area contributed by atoms with Gasteiger partial charge in [0.25, 0.3) is 0 Å². The Morgan fingerprint density at radius 2 is 1.50 bits per heavy atom. The highest BCUT2D eigenvalue weighted by Crippen LogP contribution is 2.36. The highest BCUT2D eigenvalue weighted by molar-refractivity contribution is 5.52. The van der Waals surface area contributed by atoms with Crippen molar-refractivity contribution in [2.24, 2.45) is 0 Å². The van der Waals surface area contributed by atoms with Crippen molar-refractivity contribution in [3.05, 3.63) is 53.1 Å². The van der Waals surface area contributed by atoms with Gasteiger partial charge in [0, 0.05) is 12.7 Å². The summed E-state index contributed by atoms with van der Waals surface area (Å²) >= 11 is 0. The molecule has 4 nitrogen and oxygen atoms in total. The molecule has 0 spiro atoms. The van der Waals surface area contributed by atoms with Crippen molar-refractivity contribution < 1.29 is 19.3 Å². The smallest absolute Gasteiger partial charge is 0.167 e. The van der Waals surface area contributed by atoms with Crippen LogP contribution in [0.25, 0.3) is 0 Å². The molecule has 2 aromatic rings. The van der Waals surface area contributed by atoms with Crippen molar-refractivity contribution in [3.8, 4) is 17.2 Å². The van der Waals surface area contributed by atoms with Crippen molar-refractivity contribution in [2.75, 3.05) is 20.8 Å². The lowest BCUT2D eigenvalue weighted by molar-refractivity contribution is 0.0658. The number of hydrogen-bond acceptors (Lipinski definition) is 4. The predicted molar refractivity (Wildman–Crippen MR) is 134 cm³/mol. The number of hydrogen-bond donors (Lipinski definition) is 1. The van der Waals surface area contributed by atoms with E-state index in [2.05, 4.69) is 24.3 Å². The van der Waals surface area contributed by atoms with Gasteiger partial charge in [-0.2, -0.15) is 0 Å². The van der Waals surface area contributed by atoms with E-state index >= 15 is 0 Å². The zero-order valence-corrected chi connectivity index (χ0v) is 21.2. The molecule has 0 saturated heterocycles. The van der Waals surface area contributed by atoms with Gasteiger partial charge in [0.05, 0.1) is 19.8 Å². The molecule has 0 heterocycles. The Morgan fingerprint density at radius 3 is 2.06 bits per heavy atom. The van der Waals surface area contributed by atoms with Crippen LogP contribution in [-0.2, 0) is 11.2 Å². The maximum Gasteiger partial charge on any atom is 0.167 e. The topological polar surface area (TPSA) is 47.9 Å². The van der Waals surface area contributed by atoms with Gasteiger partial charge in [-0.05, 0) is 74.6 Å². The zero-order chi connectivity index (χ0) is 23.9. The summed E-state index contributed by atoms with van der Waals surface area (Å²) in [5.74, 6) is 2.18. The van der Waals surface area contributed by atoms with Crippen LogP contribution < -0.4 is 9.47 Å². The average molecular weight is 445 g/mol. The van der Waals surface area contributed by atoms with E-state index < -0.39 is 0 Å². The molecule has 0 radical (unpaired) electrons. The van der Waals surface area contributed by atoms with E-state index in [1.807, 2.05) is 41.7 Å². The summed E-state index contributed by atoms with van der Waals surface area (Å²) in [5, 5.41) is 9.78. The monoisotopic (exact) mass is 444 g/mol. The number of rotatable bonds is 8. The molecule has 0 amide bonds. The number of methoxy groups -OCH3 is 2. The molecule has 0 atom stereocenters. The molecule has 3 rings (SSSR count). The first-order valence-corrected chi connectivity index (χ1v) is 12.2. The third-order valence-corrected chi connectivity index (χ3v) is 5.87. The van der Waals surface area contributed by atoms with E-state index in [-0.39, 0.29) is 5.75 Å². The quantitative estimate of drug-likeness (QED) is 0.430. The first kappa shape index (κ1) is 27.8. The molecule has 2 aromatic carbocycles. The lowest BCUT2D eigenvalue weighted by Crippen LogP contribution is -2.19. The fourth-order valence-corrected chi connectivity index (χ4v) is 4.07. The lowest BCUT2D eigenvalue weighted by Gasteiger charge is -2.27. The van der Waals surface area contributed by atoms with Crippen LogP contribution in [0.4, 0.5) is 0 Å². The molecule has 1 aliphatic carbocycles. The van der Waals surface area contributed by atoms with E-state index in [9.17, 15) is 5.11 Å². The van der Waals surface area contributed by atoms with E-state index in [0.717, 1.165) is 12.8 Å². The first-order chi connectivity index (χ1) is 15.6. The third kappa shape index (κ3) is 8.05. The molecule has 1 fully saturated rings. The largest absolute Gasteiger partial charge is 0.508 e. The SMILES string of the molecule is CC.CC.COc1c(OCCCc2ccc(C3CCC(OC)CC3)cc2)ccc(O)c1C. The van der Waals surface area contributed by atoms with E-state index in [0.29, 0.717) is 35.7 Å². The molecular weight excluding hydrogens is 400 g/mol. The van der Waals surface area contributed by atoms with Gasteiger partial charge in [0.15, 0.2) is 11.5 Å². The van der Waals surface area contributed by atoms with E-state index in [1.165, 1.54) is 36.8 Å². The molecule has 0 unspecified atom stereocenters. The summed E-state index contributed by atoms with van der Waals surface area (Å²) in [6.07, 6.45) is 7.14. The fourth-order valence-electron chi connectivity index (χ4n) is 4.07. The molecule has 32 heavy (non-hydrogen) atoms. The number of phenols is 1. The molecule has 1 aliphatic rings. The molecule has 0 bridgehead atoms. The summed E-state index contributed by atoms with van der Waals surface area (Å²) < 4.78 is 16.7. The molecule has 1 saturated carbocycles. The minimum Gasteiger partial charge on any atom is -0.508 e. The van der Waals surface area contributed by atoms with Crippen LogP contribution in [0.15, 0.2) is 36.4 Å². The number of ether oxygens (including phenoxy) is 3. The van der Waals surface area contributed by atoms with Crippen molar-refractivity contribution in [1.29, 1.82) is 0 Å². The van der Waals surface area contributed by atoms with Crippen LogP contribution in [0.5, 0.6) is 17.2 Å². The van der Waals surface area contributed by atoms with Crippen molar-refractivity contribution in [2.45, 2.75) is 85.2 Å². The summed E-state index contributed by atoms with van der Waals surface area (Å²) in [4.78, 5) is 0. The average Bonchev–Trinajstić information content (AvgIpc) is 2.87. The molecule has 0 aromatic heterocycles.